The number of rotatable bonds is 7. The van der Waals surface area contributed by atoms with Gasteiger partial charge in [-0.3, -0.25) is 0 Å². The smallest absolute Gasteiger partial charge is 0.150 e. The third kappa shape index (κ3) is 5.22. The first kappa shape index (κ1) is 15.9. The normalized spacial score (nSPS) is 27.1. The quantitative estimate of drug-likeness (QED) is 0.702. The predicted molar refractivity (Wildman–Crippen MR) is 71.4 cm³/mol. The summed E-state index contributed by atoms with van der Waals surface area (Å²) in [6.45, 7) is 0.657. The van der Waals surface area contributed by atoms with E-state index in [1.807, 2.05) is 0 Å². The lowest BCUT2D eigenvalue weighted by Crippen LogP contribution is -2.45. The number of methoxy groups -OCH3 is 1. The summed E-state index contributed by atoms with van der Waals surface area (Å²) in [6, 6.07) is 0.313. The molecule has 0 aromatic rings. The summed E-state index contributed by atoms with van der Waals surface area (Å²) in [4.78, 5) is 0. The highest BCUT2D eigenvalue weighted by atomic mass is 32.2. The van der Waals surface area contributed by atoms with Crippen molar-refractivity contribution in [2.75, 3.05) is 26.6 Å². The molecule has 1 aliphatic rings. The lowest BCUT2D eigenvalue weighted by Gasteiger charge is -2.31. The molecule has 3 atom stereocenters. The Hall–Kier alpha value is -0.170. The molecule has 6 heteroatoms. The molecule has 18 heavy (non-hydrogen) atoms. The molecular formula is C12H25NO4S. The van der Waals surface area contributed by atoms with E-state index in [-0.39, 0.29) is 23.9 Å². The fourth-order valence-corrected chi connectivity index (χ4v) is 3.77. The summed E-state index contributed by atoms with van der Waals surface area (Å²) in [6.07, 6.45) is 5.33. The number of nitrogens with one attached hydrogen (secondary N) is 1. The molecule has 0 spiro atoms. The lowest BCUT2D eigenvalue weighted by molar-refractivity contribution is 0.138. The van der Waals surface area contributed by atoms with Crippen LogP contribution < -0.4 is 5.32 Å². The minimum atomic E-state index is -2.94. The summed E-state index contributed by atoms with van der Waals surface area (Å²) in [5, 5.41) is 12.2. The predicted octanol–water partition coefficient (Wildman–Crippen LogP) is 0.329. The van der Waals surface area contributed by atoms with Crippen molar-refractivity contribution in [3.63, 3.8) is 0 Å². The molecule has 0 aromatic carbocycles. The number of sulfone groups is 1. The van der Waals surface area contributed by atoms with Crippen LogP contribution in [0.15, 0.2) is 0 Å². The van der Waals surface area contributed by atoms with Gasteiger partial charge in [0.15, 0.2) is 0 Å². The van der Waals surface area contributed by atoms with Gasteiger partial charge in [-0.05, 0) is 25.7 Å². The maximum absolute atomic E-state index is 11.6. The van der Waals surface area contributed by atoms with Crippen LogP contribution in [0.4, 0.5) is 0 Å². The van der Waals surface area contributed by atoms with Crippen molar-refractivity contribution < 1.29 is 18.3 Å². The van der Waals surface area contributed by atoms with Crippen LogP contribution in [0, 0.1) is 0 Å². The first-order chi connectivity index (χ1) is 8.47. The van der Waals surface area contributed by atoms with Crippen LogP contribution in [0.1, 0.15) is 32.1 Å². The van der Waals surface area contributed by atoms with E-state index in [1.165, 1.54) is 6.26 Å². The zero-order valence-corrected chi connectivity index (χ0v) is 12.1. The van der Waals surface area contributed by atoms with Crippen LogP contribution in [0.3, 0.4) is 0 Å². The fraction of sp³-hybridized carbons (Fsp3) is 1.00. The molecule has 108 valence electrons. The highest BCUT2D eigenvalue weighted by Crippen LogP contribution is 2.24. The number of ether oxygens (including phenoxy) is 1. The van der Waals surface area contributed by atoms with Crippen molar-refractivity contribution in [2.24, 2.45) is 0 Å². The van der Waals surface area contributed by atoms with Gasteiger partial charge < -0.3 is 15.2 Å². The summed E-state index contributed by atoms with van der Waals surface area (Å²) in [5.41, 5.74) is 0. The van der Waals surface area contributed by atoms with E-state index in [9.17, 15) is 8.42 Å². The standard InChI is InChI=1S/C12H25NO4S/c1-17-9-11(6-7-14)13-10-4-3-5-12(8-10)18(2,15)16/h10-14H,3-9H2,1-2H3. The maximum atomic E-state index is 11.6. The summed E-state index contributed by atoms with van der Waals surface area (Å²) in [7, 11) is -1.31. The maximum Gasteiger partial charge on any atom is 0.150 e. The Kier molecular flexibility index (Phi) is 6.55. The SMILES string of the molecule is COCC(CCO)NC1CCCC(S(C)(=O)=O)C1. The highest BCUT2D eigenvalue weighted by molar-refractivity contribution is 7.91. The average Bonchev–Trinajstić information content (AvgIpc) is 2.29. The molecule has 5 nitrogen and oxygen atoms in total. The van der Waals surface area contributed by atoms with Crippen LogP contribution in [-0.2, 0) is 14.6 Å². The van der Waals surface area contributed by atoms with E-state index >= 15 is 0 Å². The summed E-state index contributed by atoms with van der Waals surface area (Å²) in [5.74, 6) is 0. The number of hydrogen-bond donors (Lipinski definition) is 2. The zero-order valence-electron chi connectivity index (χ0n) is 11.3. The molecule has 0 bridgehead atoms. The Morgan fingerprint density at radius 2 is 2.17 bits per heavy atom. The van der Waals surface area contributed by atoms with Gasteiger partial charge in [0.25, 0.3) is 0 Å². The molecule has 0 amide bonds. The van der Waals surface area contributed by atoms with Crippen molar-refractivity contribution >= 4 is 9.84 Å². The van der Waals surface area contributed by atoms with E-state index in [2.05, 4.69) is 5.32 Å². The molecule has 2 N–H and O–H groups in total. The van der Waals surface area contributed by atoms with Gasteiger partial charge in [0.1, 0.15) is 9.84 Å². The first-order valence-electron chi connectivity index (χ1n) is 6.52. The molecular weight excluding hydrogens is 254 g/mol. The van der Waals surface area contributed by atoms with Gasteiger partial charge in [-0.25, -0.2) is 8.42 Å². The third-order valence-electron chi connectivity index (χ3n) is 3.55. The molecule has 1 saturated carbocycles. The molecule has 1 fully saturated rings. The molecule has 0 heterocycles. The van der Waals surface area contributed by atoms with Crippen molar-refractivity contribution in [2.45, 2.75) is 49.4 Å². The largest absolute Gasteiger partial charge is 0.396 e. The molecule has 0 saturated heterocycles. The van der Waals surface area contributed by atoms with Crippen LogP contribution in [0.2, 0.25) is 0 Å². The molecule has 1 aliphatic carbocycles. The van der Waals surface area contributed by atoms with Crippen LogP contribution in [0.25, 0.3) is 0 Å². The molecule has 0 aromatic heterocycles. The number of aliphatic hydroxyl groups excluding tert-OH is 1. The van der Waals surface area contributed by atoms with Crippen LogP contribution >= 0.6 is 0 Å². The molecule has 3 unspecified atom stereocenters. The second kappa shape index (κ2) is 7.43. The Morgan fingerprint density at radius 1 is 1.44 bits per heavy atom. The topological polar surface area (TPSA) is 75.6 Å². The Morgan fingerprint density at radius 3 is 2.72 bits per heavy atom. The van der Waals surface area contributed by atoms with E-state index < -0.39 is 9.84 Å². The van der Waals surface area contributed by atoms with Crippen LogP contribution in [0.5, 0.6) is 0 Å². The van der Waals surface area contributed by atoms with Gasteiger partial charge in [0, 0.05) is 32.1 Å². The monoisotopic (exact) mass is 279 g/mol. The first-order valence-corrected chi connectivity index (χ1v) is 8.47. The van der Waals surface area contributed by atoms with Gasteiger partial charge in [-0.2, -0.15) is 0 Å². The van der Waals surface area contributed by atoms with Gasteiger partial charge in [0.2, 0.25) is 0 Å². The third-order valence-corrected chi connectivity index (χ3v) is 5.19. The van der Waals surface area contributed by atoms with E-state index in [0.29, 0.717) is 19.4 Å². The second-order valence-electron chi connectivity index (χ2n) is 5.15. The Bertz CT molecular complexity index is 325. The molecule has 0 radical (unpaired) electrons. The van der Waals surface area contributed by atoms with E-state index in [0.717, 1.165) is 19.3 Å². The number of aliphatic hydroxyl groups is 1. The van der Waals surface area contributed by atoms with Gasteiger partial charge in [0.05, 0.1) is 11.9 Å². The minimum absolute atomic E-state index is 0.100. The zero-order chi connectivity index (χ0) is 13.6. The van der Waals surface area contributed by atoms with Crippen LogP contribution in [-0.4, -0.2) is 57.4 Å². The molecule has 0 aliphatic heterocycles. The Labute approximate surface area is 110 Å². The lowest BCUT2D eigenvalue weighted by atomic mass is 9.94. The highest BCUT2D eigenvalue weighted by Gasteiger charge is 2.29. The van der Waals surface area contributed by atoms with Crippen molar-refractivity contribution in [1.82, 2.24) is 5.32 Å². The number of hydrogen-bond acceptors (Lipinski definition) is 5. The second-order valence-corrected chi connectivity index (χ2v) is 7.47. The fourth-order valence-electron chi connectivity index (χ4n) is 2.59. The van der Waals surface area contributed by atoms with E-state index in [1.54, 1.807) is 7.11 Å². The average molecular weight is 279 g/mol. The van der Waals surface area contributed by atoms with Gasteiger partial charge >= 0.3 is 0 Å². The van der Waals surface area contributed by atoms with E-state index in [4.69, 9.17) is 9.84 Å². The minimum Gasteiger partial charge on any atom is -0.396 e. The summed E-state index contributed by atoms with van der Waals surface area (Å²) < 4.78 is 28.3. The Balaban J connectivity index is 2.50. The summed E-state index contributed by atoms with van der Waals surface area (Å²) >= 11 is 0. The van der Waals surface area contributed by atoms with Crippen molar-refractivity contribution in [3.05, 3.63) is 0 Å². The van der Waals surface area contributed by atoms with Gasteiger partial charge in [-0.15, -0.1) is 0 Å². The molecule has 1 rings (SSSR count). The van der Waals surface area contributed by atoms with Crippen molar-refractivity contribution in [1.29, 1.82) is 0 Å². The van der Waals surface area contributed by atoms with Crippen molar-refractivity contribution in [3.8, 4) is 0 Å². The van der Waals surface area contributed by atoms with Gasteiger partial charge in [-0.1, -0.05) is 6.42 Å².